The molecule has 106 valence electrons. The molecule has 0 amide bonds. The van der Waals surface area contributed by atoms with Crippen molar-refractivity contribution >= 4 is 21.4 Å². The molecule has 0 aliphatic heterocycles. The van der Waals surface area contributed by atoms with Gasteiger partial charge in [0, 0.05) is 22.0 Å². The summed E-state index contributed by atoms with van der Waals surface area (Å²) in [7, 11) is 0. The summed E-state index contributed by atoms with van der Waals surface area (Å²) in [5, 5.41) is 4.56. The minimum Gasteiger partial charge on any atom is -0.309 e. The first-order chi connectivity index (χ1) is 9.74. The Kier molecular flexibility index (Phi) is 5.58. The van der Waals surface area contributed by atoms with E-state index in [9.17, 15) is 4.39 Å². The largest absolute Gasteiger partial charge is 0.309 e. The Balaban J connectivity index is 2.21. The molecule has 20 heavy (non-hydrogen) atoms. The number of fused-ring (bicyclic) bond motifs is 1. The van der Waals surface area contributed by atoms with Crippen molar-refractivity contribution in [2.75, 3.05) is 6.54 Å². The summed E-state index contributed by atoms with van der Waals surface area (Å²) >= 11 is 1.75. The number of halogens is 1. The van der Waals surface area contributed by atoms with Crippen LogP contribution in [0, 0.1) is 17.7 Å². The van der Waals surface area contributed by atoms with Crippen LogP contribution in [0.4, 0.5) is 4.39 Å². The lowest BCUT2D eigenvalue weighted by Gasteiger charge is -2.15. The average Bonchev–Trinajstić information content (AvgIpc) is 2.85. The summed E-state index contributed by atoms with van der Waals surface area (Å²) in [6, 6.07) is 7.42. The first-order valence-corrected chi connectivity index (χ1v) is 7.88. The van der Waals surface area contributed by atoms with Gasteiger partial charge in [0.25, 0.3) is 0 Å². The molecule has 0 aliphatic rings. The fourth-order valence-corrected chi connectivity index (χ4v) is 3.37. The molecular weight excluding hydrogens is 269 g/mol. The lowest BCUT2D eigenvalue weighted by Crippen LogP contribution is -2.21. The van der Waals surface area contributed by atoms with Gasteiger partial charge in [-0.15, -0.1) is 23.2 Å². The fourth-order valence-electron chi connectivity index (χ4n) is 2.21. The van der Waals surface area contributed by atoms with Crippen LogP contribution in [0.1, 0.15) is 44.0 Å². The molecule has 1 unspecified atom stereocenters. The van der Waals surface area contributed by atoms with E-state index in [1.165, 1.54) is 10.9 Å². The monoisotopic (exact) mass is 289 g/mol. The molecule has 3 heteroatoms. The predicted molar refractivity (Wildman–Crippen MR) is 85.5 cm³/mol. The van der Waals surface area contributed by atoms with Crippen LogP contribution in [-0.2, 0) is 0 Å². The van der Waals surface area contributed by atoms with Gasteiger partial charge >= 0.3 is 0 Å². The second kappa shape index (κ2) is 7.42. The van der Waals surface area contributed by atoms with Crippen molar-refractivity contribution in [3.05, 3.63) is 35.0 Å². The zero-order valence-electron chi connectivity index (χ0n) is 12.0. The predicted octanol–water partition coefficient (Wildman–Crippen LogP) is 4.88. The van der Waals surface area contributed by atoms with E-state index in [0.29, 0.717) is 6.04 Å². The Hall–Kier alpha value is -1.37. The Morgan fingerprint density at radius 3 is 2.95 bits per heavy atom. The van der Waals surface area contributed by atoms with Crippen molar-refractivity contribution in [3.63, 3.8) is 0 Å². The Bertz CT molecular complexity index is 621. The van der Waals surface area contributed by atoms with Gasteiger partial charge in [-0.1, -0.05) is 6.92 Å². The van der Waals surface area contributed by atoms with Crippen LogP contribution in [-0.4, -0.2) is 6.54 Å². The van der Waals surface area contributed by atoms with E-state index in [1.54, 1.807) is 17.4 Å². The molecule has 1 aromatic heterocycles. The number of benzene rings is 1. The third-order valence-electron chi connectivity index (χ3n) is 3.22. The van der Waals surface area contributed by atoms with E-state index in [1.807, 2.05) is 13.0 Å². The molecule has 1 atom stereocenters. The number of hydrogen-bond acceptors (Lipinski definition) is 2. The first-order valence-electron chi connectivity index (χ1n) is 7.06. The maximum absolute atomic E-state index is 13.3. The molecule has 1 N–H and O–H groups in total. The minimum atomic E-state index is -0.170. The van der Waals surface area contributed by atoms with E-state index in [0.717, 1.165) is 35.9 Å². The highest BCUT2D eigenvalue weighted by molar-refractivity contribution is 7.19. The summed E-state index contributed by atoms with van der Waals surface area (Å²) in [4.78, 5) is 1.27. The van der Waals surface area contributed by atoms with Crippen LogP contribution in [0.15, 0.2) is 24.3 Å². The number of nitrogens with one attached hydrogen (secondary N) is 1. The molecule has 1 heterocycles. The second-order valence-corrected chi connectivity index (χ2v) is 5.92. The molecule has 2 aromatic rings. The molecule has 1 aromatic carbocycles. The molecule has 0 radical (unpaired) electrons. The SMILES string of the molecule is CC#CCCC(NCCC)c1cc2cc(F)ccc2s1. The standard InChI is InChI=1S/C17H20FNS/c1-3-5-6-7-15(19-10-4-2)17-12-13-11-14(18)8-9-16(13)20-17/h8-9,11-12,15,19H,4,6-7,10H2,1-2H3. The summed E-state index contributed by atoms with van der Waals surface area (Å²) in [5.74, 6) is 5.89. The third-order valence-corrected chi connectivity index (χ3v) is 4.45. The quantitative estimate of drug-likeness (QED) is 0.747. The molecule has 1 nitrogen and oxygen atoms in total. The number of rotatable bonds is 6. The molecular formula is C17H20FNS. The molecule has 0 fully saturated rings. The summed E-state index contributed by atoms with van der Waals surface area (Å²) < 4.78 is 14.4. The third kappa shape index (κ3) is 3.82. The van der Waals surface area contributed by atoms with E-state index < -0.39 is 0 Å². The number of hydrogen-bond donors (Lipinski definition) is 1. The van der Waals surface area contributed by atoms with Crippen molar-refractivity contribution in [2.24, 2.45) is 0 Å². The van der Waals surface area contributed by atoms with Gasteiger partial charge in [0.2, 0.25) is 0 Å². The minimum absolute atomic E-state index is 0.170. The summed E-state index contributed by atoms with van der Waals surface area (Å²) in [5.41, 5.74) is 0. The van der Waals surface area contributed by atoms with E-state index in [-0.39, 0.29) is 5.82 Å². The van der Waals surface area contributed by atoms with Gasteiger partial charge in [-0.05, 0) is 56.0 Å². The lowest BCUT2D eigenvalue weighted by molar-refractivity contribution is 0.513. The van der Waals surface area contributed by atoms with Crippen molar-refractivity contribution in [1.82, 2.24) is 5.32 Å². The highest BCUT2D eigenvalue weighted by Crippen LogP contribution is 2.32. The van der Waals surface area contributed by atoms with Crippen LogP contribution in [0.3, 0.4) is 0 Å². The van der Waals surface area contributed by atoms with Gasteiger partial charge < -0.3 is 5.32 Å². The Morgan fingerprint density at radius 1 is 1.35 bits per heavy atom. The van der Waals surface area contributed by atoms with E-state index >= 15 is 0 Å². The maximum atomic E-state index is 13.3. The van der Waals surface area contributed by atoms with Crippen molar-refractivity contribution < 1.29 is 4.39 Å². The van der Waals surface area contributed by atoms with Crippen LogP contribution < -0.4 is 5.32 Å². The van der Waals surface area contributed by atoms with Gasteiger partial charge in [-0.25, -0.2) is 4.39 Å². The maximum Gasteiger partial charge on any atom is 0.123 e. The van der Waals surface area contributed by atoms with Crippen LogP contribution in [0.25, 0.3) is 10.1 Å². The van der Waals surface area contributed by atoms with E-state index in [4.69, 9.17) is 0 Å². The van der Waals surface area contributed by atoms with Crippen molar-refractivity contribution in [2.45, 2.75) is 39.2 Å². The highest BCUT2D eigenvalue weighted by Gasteiger charge is 2.13. The summed E-state index contributed by atoms with van der Waals surface area (Å²) in [6.07, 6.45) is 2.99. The van der Waals surface area contributed by atoms with Gasteiger partial charge in [0.15, 0.2) is 0 Å². The number of thiophene rings is 1. The Labute approximate surface area is 124 Å². The van der Waals surface area contributed by atoms with E-state index in [2.05, 4.69) is 30.1 Å². The molecule has 2 rings (SSSR count). The van der Waals surface area contributed by atoms with Crippen LogP contribution in [0.2, 0.25) is 0 Å². The molecule has 0 saturated heterocycles. The van der Waals surface area contributed by atoms with Crippen molar-refractivity contribution in [1.29, 1.82) is 0 Å². The first kappa shape index (κ1) is 15.0. The summed E-state index contributed by atoms with van der Waals surface area (Å²) in [6.45, 7) is 5.03. The molecule has 0 spiro atoms. The van der Waals surface area contributed by atoms with Crippen LogP contribution in [0.5, 0.6) is 0 Å². The zero-order valence-corrected chi connectivity index (χ0v) is 12.8. The van der Waals surface area contributed by atoms with Gasteiger partial charge in [-0.2, -0.15) is 0 Å². The topological polar surface area (TPSA) is 12.0 Å². The smallest absolute Gasteiger partial charge is 0.123 e. The molecule has 0 saturated carbocycles. The average molecular weight is 289 g/mol. The van der Waals surface area contributed by atoms with Gasteiger partial charge in [0.05, 0.1) is 0 Å². The molecule has 0 bridgehead atoms. The second-order valence-electron chi connectivity index (χ2n) is 4.80. The van der Waals surface area contributed by atoms with Gasteiger partial charge in [-0.3, -0.25) is 0 Å². The van der Waals surface area contributed by atoms with Crippen molar-refractivity contribution in [3.8, 4) is 11.8 Å². The fraction of sp³-hybridized carbons (Fsp3) is 0.412. The highest BCUT2D eigenvalue weighted by atomic mass is 32.1. The zero-order chi connectivity index (χ0) is 14.4. The van der Waals surface area contributed by atoms with Gasteiger partial charge in [0.1, 0.15) is 5.82 Å². The Morgan fingerprint density at radius 2 is 2.20 bits per heavy atom. The lowest BCUT2D eigenvalue weighted by atomic mass is 10.1. The van der Waals surface area contributed by atoms with Crippen LogP contribution >= 0.6 is 11.3 Å². The normalized spacial score (nSPS) is 12.2. The molecule has 0 aliphatic carbocycles.